The number of nitrogens with two attached hydrogens (primary N) is 1. The number of benzene rings is 1. The molecule has 1 aromatic carbocycles. The second kappa shape index (κ2) is 5.69. The highest BCUT2D eigenvalue weighted by Crippen LogP contribution is 2.42. The topological polar surface area (TPSA) is 83.4 Å². The Hall–Kier alpha value is -2.15. The summed E-state index contributed by atoms with van der Waals surface area (Å²) < 4.78 is 29.9. The second-order valence-electron chi connectivity index (χ2n) is 4.95. The Bertz CT molecular complexity index is 635. The van der Waals surface area contributed by atoms with E-state index in [1.165, 1.54) is 28.1 Å². The molecular formula is C14H18FN3O3. The van der Waals surface area contributed by atoms with Crippen molar-refractivity contribution in [2.75, 3.05) is 14.2 Å². The van der Waals surface area contributed by atoms with Crippen LogP contribution in [0.4, 0.5) is 4.39 Å². The van der Waals surface area contributed by atoms with Gasteiger partial charge in [-0.05, 0) is 26.0 Å². The van der Waals surface area contributed by atoms with Crippen LogP contribution in [0.2, 0.25) is 0 Å². The fourth-order valence-corrected chi connectivity index (χ4v) is 1.99. The molecule has 0 spiro atoms. The van der Waals surface area contributed by atoms with E-state index >= 15 is 0 Å². The monoisotopic (exact) mass is 295 g/mol. The van der Waals surface area contributed by atoms with Gasteiger partial charge in [-0.25, -0.2) is 4.39 Å². The summed E-state index contributed by atoms with van der Waals surface area (Å²) in [6, 6.07) is 3.28. The molecule has 0 aliphatic heterocycles. The van der Waals surface area contributed by atoms with Crippen LogP contribution in [0.15, 0.2) is 16.7 Å². The van der Waals surface area contributed by atoms with Gasteiger partial charge in [0.25, 0.3) is 0 Å². The Morgan fingerprint density at radius 1 is 1.29 bits per heavy atom. The molecule has 0 bridgehead atoms. The highest BCUT2D eigenvalue weighted by atomic mass is 19.1. The number of ether oxygens (including phenoxy) is 2. The van der Waals surface area contributed by atoms with Gasteiger partial charge in [-0.3, -0.25) is 0 Å². The van der Waals surface area contributed by atoms with E-state index in [4.69, 9.17) is 19.7 Å². The molecule has 1 heterocycles. The van der Waals surface area contributed by atoms with Crippen molar-refractivity contribution < 1.29 is 18.4 Å². The molecule has 0 aliphatic rings. The first kappa shape index (κ1) is 15.2. The van der Waals surface area contributed by atoms with Gasteiger partial charge in [0, 0.05) is 11.1 Å². The number of hydrogen-bond acceptors (Lipinski definition) is 6. The molecule has 1 aromatic heterocycles. The number of methoxy groups -OCH3 is 2. The molecule has 0 amide bonds. The zero-order valence-corrected chi connectivity index (χ0v) is 12.4. The van der Waals surface area contributed by atoms with Crippen molar-refractivity contribution in [3.8, 4) is 22.9 Å². The average Bonchev–Trinajstić information content (AvgIpc) is 2.93. The molecule has 2 rings (SSSR count). The van der Waals surface area contributed by atoms with Crippen LogP contribution < -0.4 is 15.2 Å². The van der Waals surface area contributed by atoms with Gasteiger partial charge < -0.3 is 19.7 Å². The molecule has 0 saturated heterocycles. The number of aromatic nitrogens is 2. The SMILES string of the molecule is COc1cc(-c2noc(CN)n2)cc(C(C)(C)F)c1OC. The third kappa shape index (κ3) is 2.97. The summed E-state index contributed by atoms with van der Waals surface area (Å²) in [5, 5.41) is 3.83. The van der Waals surface area contributed by atoms with Gasteiger partial charge >= 0.3 is 0 Å². The summed E-state index contributed by atoms with van der Waals surface area (Å²) in [5.41, 5.74) is 4.74. The number of nitrogens with zero attached hydrogens (tertiary/aromatic N) is 2. The molecule has 0 atom stereocenters. The maximum Gasteiger partial charge on any atom is 0.240 e. The van der Waals surface area contributed by atoms with E-state index in [1.54, 1.807) is 12.1 Å². The summed E-state index contributed by atoms with van der Waals surface area (Å²) in [6.07, 6.45) is 0. The normalized spacial score (nSPS) is 11.5. The maximum absolute atomic E-state index is 14.4. The van der Waals surface area contributed by atoms with Crippen molar-refractivity contribution in [2.24, 2.45) is 5.73 Å². The summed E-state index contributed by atoms with van der Waals surface area (Å²) in [4.78, 5) is 4.13. The molecule has 0 aliphatic carbocycles. The van der Waals surface area contributed by atoms with Crippen molar-refractivity contribution in [2.45, 2.75) is 26.1 Å². The predicted molar refractivity (Wildman–Crippen MR) is 74.9 cm³/mol. The number of halogens is 1. The molecule has 2 N–H and O–H groups in total. The van der Waals surface area contributed by atoms with Crippen molar-refractivity contribution in [3.63, 3.8) is 0 Å². The van der Waals surface area contributed by atoms with Crippen molar-refractivity contribution in [3.05, 3.63) is 23.6 Å². The quantitative estimate of drug-likeness (QED) is 0.912. The fourth-order valence-electron chi connectivity index (χ4n) is 1.99. The lowest BCUT2D eigenvalue weighted by Crippen LogP contribution is -2.12. The number of rotatable bonds is 5. The third-order valence-corrected chi connectivity index (χ3v) is 3.02. The van der Waals surface area contributed by atoms with E-state index in [0.29, 0.717) is 34.3 Å². The molecule has 0 fully saturated rings. The first-order valence-corrected chi connectivity index (χ1v) is 6.39. The largest absolute Gasteiger partial charge is 0.493 e. The molecule has 2 aromatic rings. The molecule has 0 unspecified atom stereocenters. The summed E-state index contributed by atoms with van der Waals surface area (Å²) in [6.45, 7) is 3.02. The van der Waals surface area contributed by atoms with Gasteiger partial charge in [0.1, 0.15) is 5.67 Å². The molecule has 7 heteroatoms. The van der Waals surface area contributed by atoms with Crippen LogP contribution in [-0.2, 0) is 12.2 Å². The van der Waals surface area contributed by atoms with Crippen molar-refractivity contribution in [1.82, 2.24) is 10.1 Å². The Balaban J connectivity index is 2.62. The second-order valence-corrected chi connectivity index (χ2v) is 4.95. The Kier molecular flexibility index (Phi) is 4.13. The van der Waals surface area contributed by atoms with Crippen LogP contribution in [-0.4, -0.2) is 24.4 Å². The van der Waals surface area contributed by atoms with Crippen LogP contribution in [0.25, 0.3) is 11.4 Å². The van der Waals surface area contributed by atoms with Crippen molar-refractivity contribution in [1.29, 1.82) is 0 Å². The lowest BCUT2D eigenvalue weighted by Gasteiger charge is -2.21. The molecule has 6 nitrogen and oxygen atoms in total. The minimum absolute atomic E-state index is 0.141. The van der Waals surface area contributed by atoms with Crippen LogP contribution in [0.5, 0.6) is 11.5 Å². The van der Waals surface area contributed by atoms with Gasteiger partial charge in [-0.15, -0.1) is 0 Å². The van der Waals surface area contributed by atoms with Gasteiger partial charge in [-0.2, -0.15) is 4.98 Å². The van der Waals surface area contributed by atoms with Crippen LogP contribution >= 0.6 is 0 Å². The summed E-state index contributed by atoms with van der Waals surface area (Å²) >= 11 is 0. The molecule has 0 radical (unpaired) electrons. The summed E-state index contributed by atoms with van der Waals surface area (Å²) in [5.74, 6) is 1.37. The van der Waals surface area contributed by atoms with Crippen molar-refractivity contribution >= 4 is 0 Å². The van der Waals surface area contributed by atoms with E-state index < -0.39 is 5.67 Å². The molecule has 114 valence electrons. The van der Waals surface area contributed by atoms with Gasteiger partial charge in [0.15, 0.2) is 11.5 Å². The van der Waals surface area contributed by atoms with Gasteiger partial charge in [0.2, 0.25) is 11.7 Å². The third-order valence-electron chi connectivity index (χ3n) is 3.02. The predicted octanol–water partition coefficient (Wildman–Crippen LogP) is 2.42. The van der Waals surface area contributed by atoms with Gasteiger partial charge in [-0.1, -0.05) is 5.16 Å². The van der Waals surface area contributed by atoms with Gasteiger partial charge in [0.05, 0.1) is 20.8 Å². The maximum atomic E-state index is 14.4. The highest BCUT2D eigenvalue weighted by molar-refractivity contribution is 5.64. The Morgan fingerprint density at radius 2 is 2.00 bits per heavy atom. The minimum Gasteiger partial charge on any atom is -0.493 e. The van der Waals surface area contributed by atoms with E-state index in [0.717, 1.165) is 0 Å². The Labute approximate surface area is 122 Å². The highest BCUT2D eigenvalue weighted by Gasteiger charge is 2.27. The Morgan fingerprint density at radius 3 is 2.48 bits per heavy atom. The van der Waals surface area contributed by atoms with Crippen LogP contribution in [0.3, 0.4) is 0 Å². The van der Waals surface area contributed by atoms with E-state index in [1.807, 2.05) is 0 Å². The lowest BCUT2D eigenvalue weighted by molar-refractivity contribution is 0.211. The molecule has 0 saturated carbocycles. The molecular weight excluding hydrogens is 277 g/mol. The minimum atomic E-state index is -1.62. The molecule has 21 heavy (non-hydrogen) atoms. The average molecular weight is 295 g/mol. The van der Waals surface area contributed by atoms with Crippen LogP contribution in [0.1, 0.15) is 25.3 Å². The number of hydrogen-bond donors (Lipinski definition) is 1. The first-order chi connectivity index (χ1) is 9.90. The number of alkyl halides is 1. The summed E-state index contributed by atoms with van der Waals surface area (Å²) in [7, 11) is 2.95. The fraction of sp³-hybridized carbons (Fsp3) is 0.429. The van der Waals surface area contributed by atoms with E-state index in [2.05, 4.69) is 10.1 Å². The zero-order valence-electron chi connectivity index (χ0n) is 12.4. The smallest absolute Gasteiger partial charge is 0.240 e. The van der Waals surface area contributed by atoms with E-state index in [-0.39, 0.29) is 6.54 Å². The zero-order chi connectivity index (χ0) is 15.6. The lowest BCUT2D eigenvalue weighted by atomic mass is 9.96. The standard InChI is InChI=1S/C14H18FN3O3/c1-14(2,15)9-5-8(6-10(19-3)12(9)20-4)13-17-11(7-16)21-18-13/h5-6H,7,16H2,1-4H3. The first-order valence-electron chi connectivity index (χ1n) is 6.39. The van der Waals surface area contributed by atoms with E-state index in [9.17, 15) is 4.39 Å². The van der Waals surface area contributed by atoms with Crippen LogP contribution in [0, 0.1) is 0 Å².